The van der Waals surface area contributed by atoms with Crippen LogP contribution in [0.1, 0.15) is 23.2 Å². The Hall–Kier alpha value is -2.14. The van der Waals surface area contributed by atoms with Crippen molar-refractivity contribution in [2.45, 2.75) is 18.4 Å². The van der Waals surface area contributed by atoms with Crippen molar-refractivity contribution >= 4 is 11.9 Å². The first-order chi connectivity index (χ1) is 9.05. The van der Waals surface area contributed by atoms with Crippen molar-refractivity contribution in [2.75, 3.05) is 6.54 Å². The van der Waals surface area contributed by atoms with Crippen LogP contribution in [0.4, 0.5) is 0 Å². The molecule has 0 fully saturated rings. The summed E-state index contributed by atoms with van der Waals surface area (Å²) in [7, 11) is 0. The molecule has 0 saturated carbocycles. The zero-order valence-electron chi connectivity index (χ0n) is 10.6. The van der Waals surface area contributed by atoms with E-state index in [1.807, 2.05) is 0 Å². The van der Waals surface area contributed by atoms with Crippen molar-refractivity contribution in [3.05, 3.63) is 48.6 Å². The number of rotatable bonds is 7. The average Bonchev–Trinajstić information content (AvgIpc) is 2.44. The SMILES string of the molecule is C=C[C@@](CCCN)(NC(=O)c1ccccc1)C(=O)O. The predicted molar refractivity (Wildman–Crippen MR) is 72.8 cm³/mol. The van der Waals surface area contributed by atoms with Gasteiger partial charge in [-0.1, -0.05) is 24.3 Å². The monoisotopic (exact) mass is 262 g/mol. The summed E-state index contributed by atoms with van der Waals surface area (Å²) in [6, 6.07) is 8.45. The molecule has 5 heteroatoms. The van der Waals surface area contributed by atoms with Gasteiger partial charge < -0.3 is 16.2 Å². The number of aliphatic carboxylic acids is 1. The maximum Gasteiger partial charge on any atom is 0.333 e. The van der Waals surface area contributed by atoms with Gasteiger partial charge in [-0.05, 0) is 31.5 Å². The van der Waals surface area contributed by atoms with Crippen LogP contribution in [0.25, 0.3) is 0 Å². The molecule has 0 bridgehead atoms. The largest absolute Gasteiger partial charge is 0.479 e. The summed E-state index contributed by atoms with van der Waals surface area (Å²) < 4.78 is 0. The molecule has 1 aromatic carbocycles. The Morgan fingerprint density at radius 1 is 1.37 bits per heavy atom. The van der Waals surface area contributed by atoms with E-state index < -0.39 is 17.4 Å². The molecule has 0 aliphatic heterocycles. The van der Waals surface area contributed by atoms with Crippen molar-refractivity contribution in [1.29, 1.82) is 0 Å². The Bertz CT molecular complexity index is 459. The number of carbonyl (C=O) groups excluding carboxylic acids is 1. The van der Waals surface area contributed by atoms with Crippen LogP contribution in [0.15, 0.2) is 43.0 Å². The molecule has 0 heterocycles. The highest BCUT2D eigenvalue weighted by Crippen LogP contribution is 2.16. The predicted octanol–water partition coefficient (Wildman–Crippen LogP) is 1.16. The number of carboxylic acids is 1. The number of hydrogen-bond acceptors (Lipinski definition) is 3. The van der Waals surface area contributed by atoms with Crippen LogP contribution in [0.5, 0.6) is 0 Å². The number of carboxylic acid groups (broad SMARTS) is 1. The molecule has 0 aromatic heterocycles. The maximum absolute atomic E-state index is 12.0. The Morgan fingerprint density at radius 2 is 2.00 bits per heavy atom. The standard InChI is InChI=1S/C14H18N2O3/c1-2-14(13(18)19,9-6-10-15)16-12(17)11-7-4-3-5-8-11/h2-5,7-8H,1,6,9-10,15H2,(H,16,17)(H,18,19)/t14-/m0/s1. The van der Waals surface area contributed by atoms with Gasteiger partial charge in [-0.2, -0.15) is 0 Å². The minimum atomic E-state index is -1.48. The van der Waals surface area contributed by atoms with Crippen molar-refractivity contribution in [3.63, 3.8) is 0 Å². The van der Waals surface area contributed by atoms with Gasteiger partial charge in [0.15, 0.2) is 5.54 Å². The van der Waals surface area contributed by atoms with Crippen molar-refractivity contribution in [2.24, 2.45) is 5.73 Å². The van der Waals surface area contributed by atoms with Crippen LogP contribution >= 0.6 is 0 Å². The second kappa shape index (κ2) is 6.70. The molecule has 1 aromatic rings. The lowest BCUT2D eigenvalue weighted by Gasteiger charge is -2.27. The van der Waals surface area contributed by atoms with Crippen LogP contribution in [-0.2, 0) is 4.79 Å². The van der Waals surface area contributed by atoms with Crippen LogP contribution in [0.3, 0.4) is 0 Å². The number of benzene rings is 1. The maximum atomic E-state index is 12.0. The minimum Gasteiger partial charge on any atom is -0.479 e. The van der Waals surface area contributed by atoms with Crippen molar-refractivity contribution in [3.8, 4) is 0 Å². The molecular weight excluding hydrogens is 244 g/mol. The molecule has 0 saturated heterocycles. The Kier molecular flexibility index (Phi) is 5.26. The molecule has 0 unspecified atom stereocenters. The second-order valence-corrected chi connectivity index (χ2v) is 4.19. The summed E-state index contributed by atoms with van der Waals surface area (Å²) in [5.41, 5.74) is 4.32. The number of hydrogen-bond donors (Lipinski definition) is 3. The van der Waals surface area contributed by atoms with Gasteiger partial charge in [-0.3, -0.25) is 4.79 Å². The van der Waals surface area contributed by atoms with E-state index in [2.05, 4.69) is 11.9 Å². The first-order valence-electron chi connectivity index (χ1n) is 6.00. The number of amides is 1. The molecule has 102 valence electrons. The fourth-order valence-electron chi connectivity index (χ4n) is 1.71. The Labute approximate surface area is 112 Å². The molecule has 0 aliphatic carbocycles. The van der Waals surface area contributed by atoms with Gasteiger partial charge in [0.2, 0.25) is 0 Å². The zero-order valence-corrected chi connectivity index (χ0v) is 10.6. The number of carbonyl (C=O) groups is 2. The number of nitrogens with two attached hydrogens (primary N) is 1. The quantitative estimate of drug-likeness (QED) is 0.643. The van der Waals surface area contributed by atoms with E-state index in [-0.39, 0.29) is 6.42 Å². The lowest BCUT2D eigenvalue weighted by molar-refractivity contribution is -0.142. The van der Waals surface area contributed by atoms with Crippen LogP contribution < -0.4 is 11.1 Å². The van der Waals surface area contributed by atoms with Gasteiger partial charge >= 0.3 is 5.97 Å². The molecule has 1 rings (SSSR count). The van der Waals surface area contributed by atoms with E-state index in [0.717, 1.165) is 0 Å². The molecule has 19 heavy (non-hydrogen) atoms. The van der Waals surface area contributed by atoms with E-state index in [1.54, 1.807) is 30.3 Å². The summed E-state index contributed by atoms with van der Waals surface area (Å²) in [6.45, 7) is 3.87. The fraction of sp³-hybridized carbons (Fsp3) is 0.286. The normalized spacial score (nSPS) is 13.3. The van der Waals surface area contributed by atoms with Crippen LogP contribution in [-0.4, -0.2) is 29.1 Å². The van der Waals surface area contributed by atoms with E-state index in [0.29, 0.717) is 18.5 Å². The molecular formula is C14H18N2O3. The van der Waals surface area contributed by atoms with Crippen molar-refractivity contribution in [1.82, 2.24) is 5.32 Å². The minimum absolute atomic E-state index is 0.209. The van der Waals surface area contributed by atoms with E-state index in [4.69, 9.17) is 5.73 Å². The third-order valence-corrected chi connectivity index (χ3v) is 2.88. The van der Waals surface area contributed by atoms with Gasteiger partial charge in [0.1, 0.15) is 0 Å². The lowest BCUT2D eigenvalue weighted by Crippen LogP contribution is -2.53. The zero-order chi connectivity index (χ0) is 14.3. The second-order valence-electron chi connectivity index (χ2n) is 4.19. The Morgan fingerprint density at radius 3 is 2.47 bits per heavy atom. The fourth-order valence-corrected chi connectivity index (χ4v) is 1.71. The van der Waals surface area contributed by atoms with E-state index >= 15 is 0 Å². The molecule has 0 radical (unpaired) electrons. The van der Waals surface area contributed by atoms with Gasteiger partial charge in [0.25, 0.3) is 5.91 Å². The summed E-state index contributed by atoms with van der Waals surface area (Å²) in [5, 5.41) is 11.8. The molecule has 0 spiro atoms. The highest BCUT2D eigenvalue weighted by molar-refractivity contribution is 5.98. The van der Waals surface area contributed by atoms with Crippen molar-refractivity contribution < 1.29 is 14.7 Å². The van der Waals surface area contributed by atoms with Gasteiger partial charge in [0.05, 0.1) is 0 Å². The molecule has 1 atom stereocenters. The lowest BCUT2D eigenvalue weighted by atomic mass is 9.93. The van der Waals surface area contributed by atoms with Gasteiger partial charge in [-0.15, -0.1) is 6.58 Å². The third kappa shape index (κ3) is 3.66. The smallest absolute Gasteiger partial charge is 0.333 e. The summed E-state index contributed by atoms with van der Waals surface area (Å²) in [5.74, 6) is -1.58. The average molecular weight is 262 g/mol. The molecule has 0 aliphatic rings. The molecule has 5 nitrogen and oxygen atoms in total. The van der Waals surface area contributed by atoms with Crippen LogP contribution in [0, 0.1) is 0 Å². The topological polar surface area (TPSA) is 92.4 Å². The summed E-state index contributed by atoms with van der Waals surface area (Å²) >= 11 is 0. The summed E-state index contributed by atoms with van der Waals surface area (Å²) in [4.78, 5) is 23.4. The van der Waals surface area contributed by atoms with Gasteiger partial charge in [-0.25, -0.2) is 4.79 Å². The van der Waals surface area contributed by atoms with E-state index in [1.165, 1.54) is 6.08 Å². The van der Waals surface area contributed by atoms with E-state index in [9.17, 15) is 14.7 Å². The Balaban J connectivity index is 2.91. The van der Waals surface area contributed by atoms with Gasteiger partial charge in [0, 0.05) is 5.56 Å². The highest BCUT2D eigenvalue weighted by atomic mass is 16.4. The molecule has 1 amide bonds. The van der Waals surface area contributed by atoms with Crippen LogP contribution in [0.2, 0.25) is 0 Å². The highest BCUT2D eigenvalue weighted by Gasteiger charge is 2.36. The first kappa shape index (κ1) is 14.9. The molecule has 4 N–H and O–H groups in total. The first-order valence-corrected chi connectivity index (χ1v) is 6.00. The third-order valence-electron chi connectivity index (χ3n) is 2.88. The summed E-state index contributed by atoms with van der Waals surface area (Å²) in [6.07, 6.45) is 1.93. The number of nitrogens with one attached hydrogen (secondary N) is 1.